The molecule has 37 heavy (non-hydrogen) atoms. The van der Waals surface area contributed by atoms with Gasteiger partial charge >= 0.3 is 5.97 Å². The minimum atomic E-state index is -0.306. The number of aromatic amines is 1. The van der Waals surface area contributed by atoms with Gasteiger partial charge in [-0.25, -0.2) is 0 Å². The summed E-state index contributed by atoms with van der Waals surface area (Å²) >= 11 is 0. The summed E-state index contributed by atoms with van der Waals surface area (Å²) < 4.78 is 16.0. The van der Waals surface area contributed by atoms with E-state index >= 15 is 0 Å². The Bertz CT molecular complexity index is 1480. The Morgan fingerprint density at radius 3 is 2.73 bits per heavy atom. The number of H-pyrrole nitrogens is 1. The molecular formula is C29H26N2O6. The van der Waals surface area contributed by atoms with Crippen molar-refractivity contribution in [3.63, 3.8) is 0 Å². The summed E-state index contributed by atoms with van der Waals surface area (Å²) in [4.78, 5) is 41.2. The number of anilines is 1. The molecule has 0 spiro atoms. The van der Waals surface area contributed by atoms with E-state index in [-0.39, 0.29) is 30.9 Å². The van der Waals surface area contributed by atoms with E-state index in [0.29, 0.717) is 53.5 Å². The number of hydrogen-bond acceptors (Lipinski definition) is 6. The summed E-state index contributed by atoms with van der Waals surface area (Å²) in [5.74, 6) is 0.968. The number of Topliss-reactive ketones (excluding diaryl/α,β-unsaturated/α-hetero) is 1. The molecule has 3 aliphatic rings. The quantitative estimate of drug-likeness (QED) is 0.369. The van der Waals surface area contributed by atoms with Gasteiger partial charge in [-0.1, -0.05) is 18.2 Å². The number of amides is 1. The summed E-state index contributed by atoms with van der Waals surface area (Å²) in [5.41, 5.74) is 6.91. The molecule has 0 bridgehead atoms. The summed E-state index contributed by atoms with van der Waals surface area (Å²) in [6, 6.07) is 11.6. The molecule has 1 amide bonds. The van der Waals surface area contributed by atoms with Gasteiger partial charge in [0.15, 0.2) is 17.3 Å². The highest BCUT2D eigenvalue weighted by Crippen LogP contribution is 2.40. The molecule has 6 rings (SSSR count). The maximum absolute atomic E-state index is 13.0. The van der Waals surface area contributed by atoms with Crippen LogP contribution in [0, 0.1) is 0 Å². The topological polar surface area (TPSA) is 107 Å². The molecule has 2 aliphatic heterocycles. The normalized spacial score (nSPS) is 16.5. The van der Waals surface area contributed by atoms with E-state index in [9.17, 15) is 14.4 Å². The molecule has 1 aromatic heterocycles. The van der Waals surface area contributed by atoms with E-state index in [2.05, 4.69) is 10.3 Å². The number of fused-ring (bicyclic) bond motifs is 3. The van der Waals surface area contributed by atoms with Crippen molar-refractivity contribution in [2.75, 3.05) is 18.7 Å². The number of nitrogens with one attached hydrogen (secondary N) is 2. The van der Waals surface area contributed by atoms with Crippen molar-refractivity contribution >= 4 is 35.0 Å². The van der Waals surface area contributed by atoms with Gasteiger partial charge in [0.05, 0.1) is 12.2 Å². The Morgan fingerprint density at radius 2 is 1.86 bits per heavy atom. The number of esters is 1. The molecule has 3 heterocycles. The van der Waals surface area contributed by atoms with Crippen molar-refractivity contribution in [1.29, 1.82) is 0 Å². The third-order valence-electron chi connectivity index (χ3n) is 7.01. The van der Waals surface area contributed by atoms with Crippen LogP contribution in [0.5, 0.6) is 11.5 Å². The molecule has 188 valence electrons. The van der Waals surface area contributed by atoms with Crippen LogP contribution in [0.1, 0.15) is 59.1 Å². The van der Waals surface area contributed by atoms with Crippen LogP contribution in [-0.4, -0.2) is 36.0 Å². The van der Waals surface area contributed by atoms with Gasteiger partial charge in [-0.05, 0) is 67.2 Å². The van der Waals surface area contributed by atoms with Crippen LogP contribution in [0.25, 0.3) is 22.8 Å². The van der Waals surface area contributed by atoms with Crippen LogP contribution in [0.4, 0.5) is 5.69 Å². The maximum atomic E-state index is 13.0. The lowest BCUT2D eigenvalue weighted by Crippen LogP contribution is -2.12. The zero-order chi connectivity index (χ0) is 25.5. The van der Waals surface area contributed by atoms with Crippen LogP contribution < -0.4 is 14.8 Å². The Kier molecular flexibility index (Phi) is 5.79. The molecule has 0 unspecified atom stereocenters. The number of aryl methyl sites for hydroxylation is 1. The number of ketones is 1. The van der Waals surface area contributed by atoms with E-state index in [1.165, 1.54) is 0 Å². The molecule has 2 N–H and O–H groups in total. The summed E-state index contributed by atoms with van der Waals surface area (Å²) in [6.07, 6.45) is 4.37. The second kappa shape index (κ2) is 9.28. The van der Waals surface area contributed by atoms with Crippen molar-refractivity contribution in [3.8, 4) is 22.6 Å². The minimum Gasteiger partial charge on any atom is -0.466 e. The Morgan fingerprint density at radius 1 is 1.05 bits per heavy atom. The number of benzene rings is 2. The first-order valence-corrected chi connectivity index (χ1v) is 12.5. The first-order chi connectivity index (χ1) is 18.0. The van der Waals surface area contributed by atoms with Crippen molar-refractivity contribution in [2.45, 2.75) is 39.0 Å². The SMILES string of the molecule is CCOC(=O)CCc1c(C=C2C(=O)Nc3cc(-c4ccc5c(c4)OCO5)ccc32)[nH]c2c1C(=O)CCC2. The first kappa shape index (κ1) is 23.1. The molecular weight excluding hydrogens is 472 g/mol. The summed E-state index contributed by atoms with van der Waals surface area (Å²) in [7, 11) is 0. The first-order valence-electron chi connectivity index (χ1n) is 12.5. The fourth-order valence-corrected chi connectivity index (χ4v) is 5.27. The van der Waals surface area contributed by atoms with Gasteiger partial charge in [0.1, 0.15) is 0 Å². The van der Waals surface area contributed by atoms with Gasteiger partial charge in [0.2, 0.25) is 6.79 Å². The van der Waals surface area contributed by atoms with Crippen molar-refractivity contribution < 1.29 is 28.6 Å². The predicted octanol–water partition coefficient (Wildman–Crippen LogP) is 4.92. The number of carbonyl (C=O) groups excluding carboxylic acids is 3. The van der Waals surface area contributed by atoms with Crippen LogP contribution in [0.3, 0.4) is 0 Å². The summed E-state index contributed by atoms with van der Waals surface area (Å²) in [6.45, 7) is 2.29. The maximum Gasteiger partial charge on any atom is 0.306 e. The molecule has 0 atom stereocenters. The van der Waals surface area contributed by atoms with Gasteiger partial charge in [0.25, 0.3) is 5.91 Å². The number of rotatable bonds is 6. The Hall–Kier alpha value is -4.33. The van der Waals surface area contributed by atoms with Gasteiger partial charge in [0, 0.05) is 41.0 Å². The highest BCUT2D eigenvalue weighted by Gasteiger charge is 2.29. The van der Waals surface area contributed by atoms with Crippen LogP contribution >= 0.6 is 0 Å². The minimum absolute atomic E-state index is 0.0747. The fraction of sp³-hybridized carbons (Fsp3) is 0.276. The molecule has 8 nitrogen and oxygen atoms in total. The van der Waals surface area contributed by atoms with Gasteiger partial charge in [-0.2, -0.15) is 0 Å². The molecule has 8 heteroatoms. The second-order valence-electron chi connectivity index (χ2n) is 9.29. The molecule has 3 aromatic rings. The lowest BCUT2D eigenvalue weighted by molar-refractivity contribution is -0.143. The number of ether oxygens (including phenoxy) is 3. The largest absolute Gasteiger partial charge is 0.466 e. The smallest absolute Gasteiger partial charge is 0.306 e. The van der Waals surface area contributed by atoms with Gasteiger partial charge < -0.3 is 24.5 Å². The number of aromatic nitrogens is 1. The van der Waals surface area contributed by atoms with E-state index in [1.54, 1.807) is 13.0 Å². The standard InChI is InChI=1S/C29H26N2O6/c1-2-35-27(33)11-9-19-23(30-21-4-3-5-24(32)28(19)21)14-20-18-8-6-16(12-22(18)31-29(20)34)17-7-10-25-26(13-17)37-15-36-25/h6-8,10,12-14,30H,2-5,9,11,15H2,1H3,(H,31,34). The second-order valence-corrected chi connectivity index (χ2v) is 9.29. The molecule has 2 aromatic carbocycles. The average Bonchev–Trinajstić information content (AvgIpc) is 3.58. The number of carbonyl (C=O) groups is 3. The van der Waals surface area contributed by atoms with E-state index in [1.807, 2.05) is 36.4 Å². The van der Waals surface area contributed by atoms with Crippen molar-refractivity contribution in [3.05, 3.63) is 64.5 Å². The average molecular weight is 499 g/mol. The van der Waals surface area contributed by atoms with Crippen molar-refractivity contribution in [1.82, 2.24) is 4.98 Å². The molecule has 0 saturated carbocycles. The van der Waals surface area contributed by atoms with Crippen molar-refractivity contribution in [2.24, 2.45) is 0 Å². The lowest BCUT2D eigenvalue weighted by Gasteiger charge is -2.11. The Labute approximate surface area is 213 Å². The molecule has 1 aliphatic carbocycles. The Balaban J connectivity index is 1.36. The molecule has 0 radical (unpaired) electrons. The zero-order valence-corrected chi connectivity index (χ0v) is 20.4. The number of hydrogen-bond donors (Lipinski definition) is 2. The third kappa shape index (κ3) is 4.18. The third-order valence-corrected chi connectivity index (χ3v) is 7.01. The monoisotopic (exact) mass is 498 g/mol. The van der Waals surface area contributed by atoms with E-state index < -0.39 is 0 Å². The van der Waals surface area contributed by atoms with Crippen LogP contribution in [0.15, 0.2) is 36.4 Å². The zero-order valence-electron chi connectivity index (χ0n) is 20.4. The van der Waals surface area contributed by atoms with E-state index in [4.69, 9.17) is 14.2 Å². The van der Waals surface area contributed by atoms with Gasteiger partial charge in [-0.15, -0.1) is 0 Å². The molecule has 0 fully saturated rings. The highest BCUT2D eigenvalue weighted by atomic mass is 16.7. The highest BCUT2D eigenvalue weighted by molar-refractivity contribution is 6.35. The van der Waals surface area contributed by atoms with Crippen LogP contribution in [0.2, 0.25) is 0 Å². The summed E-state index contributed by atoms with van der Waals surface area (Å²) in [5, 5.41) is 2.97. The van der Waals surface area contributed by atoms with Crippen LogP contribution in [-0.2, 0) is 27.2 Å². The lowest BCUT2D eigenvalue weighted by atomic mass is 9.91. The fourth-order valence-electron chi connectivity index (χ4n) is 5.27. The molecule has 0 saturated heterocycles. The van der Waals surface area contributed by atoms with Gasteiger partial charge in [-0.3, -0.25) is 14.4 Å². The van der Waals surface area contributed by atoms with E-state index in [0.717, 1.165) is 40.8 Å². The predicted molar refractivity (Wildman–Crippen MR) is 138 cm³/mol.